The number of rotatable bonds is 13. The first kappa shape index (κ1) is 46.7. The number of nitrogens with one attached hydrogen (secondary N) is 2. The maximum atomic E-state index is 14.0. The summed E-state index contributed by atoms with van der Waals surface area (Å²) in [6, 6.07) is 10.8. The molecule has 2 atom stereocenters. The third kappa shape index (κ3) is 19.3. The van der Waals surface area contributed by atoms with Gasteiger partial charge in [0.25, 0.3) is 0 Å². The van der Waals surface area contributed by atoms with E-state index in [2.05, 4.69) is 10.6 Å². The highest BCUT2D eigenvalue weighted by atomic mass is 19.2. The maximum Gasteiger partial charge on any atom is 0.407 e. The number of hydrogen-bond acceptors (Lipinski definition) is 7. The molecule has 0 aliphatic rings. The number of carbonyl (C=O) groups is 2. The average molecular weight is 761 g/mol. The summed E-state index contributed by atoms with van der Waals surface area (Å²) in [5.41, 5.74) is -0.538. The number of hydrogen-bond donors (Lipinski definition) is 4. The molecule has 53 heavy (non-hydrogen) atoms. The monoisotopic (exact) mass is 760 g/mol. The van der Waals surface area contributed by atoms with Crippen molar-refractivity contribution in [2.24, 2.45) is 0 Å². The molecule has 0 aliphatic carbocycles. The zero-order chi connectivity index (χ0) is 40.4. The van der Waals surface area contributed by atoms with E-state index in [1.54, 1.807) is 41.5 Å². The second kappa shape index (κ2) is 22.7. The van der Waals surface area contributed by atoms with Gasteiger partial charge in [0.05, 0.1) is 6.61 Å². The molecule has 4 N–H and O–H groups in total. The van der Waals surface area contributed by atoms with Crippen LogP contribution in [-0.4, -0.2) is 66.0 Å². The molecule has 0 saturated carbocycles. The average Bonchev–Trinajstić information content (AvgIpc) is 3.04. The number of ether oxygens (including phenoxy) is 3. The van der Waals surface area contributed by atoms with Crippen LogP contribution in [0.1, 0.15) is 71.1 Å². The van der Waals surface area contributed by atoms with E-state index in [9.17, 15) is 35.9 Å². The minimum absolute atomic E-state index is 0.0308. The van der Waals surface area contributed by atoms with Gasteiger partial charge in [-0.2, -0.15) is 0 Å². The lowest BCUT2D eigenvalue weighted by atomic mass is 10.0. The Morgan fingerprint density at radius 3 is 1.43 bits per heavy atom. The first-order valence-corrected chi connectivity index (χ1v) is 16.7. The SMILES string of the molecule is CC(C)(C)OC(=O)N[C@@H](CCO)Cc1cc(F)c(F)cc1F.CC(C)(C)OC(=O)N[C@@H](CCOCc1ccccc1)Cc1cc(F)c(F)cc1F.CO. The second-order valence-electron chi connectivity index (χ2n) is 13.6. The Hall–Kier alpha value is -4.34. The molecule has 3 aromatic carbocycles. The van der Waals surface area contributed by atoms with E-state index >= 15 is 0 Å². The summed E-state index contributed by atoms with van der Waals surface area (Å²) in [4.78, 5) is 23.8. The molecule has 0 saturated heterocycles. The van der Waals surface area contributed by atoms with Crippen molar-refractivity contribution in [2.75, 3.05) is 20.3 Å². The number of carbonyl (C=O) groups excluding carboxylic acids is 2. The van der Waals surface area contributed by atoms with Crippen molar-refractivity contribution in [1.29, 1.82) is 0 Å². The van der Waals surface area contributed by atoms with Crippen LogP contribution in [0.2, 0.25) is 0 Å². The van der Waals surface area contributed by atoms with Crippen LogP contribution in [0.5, 0.6) is 0 Å². The summed E-state index contributed by atoms with van der Waals surface area (Å²) < 4.78 is 96.3. The third-order valence-corrected chi connectivity index (χ3v) is 6.75. The van der Waals surface area contributed by atoms with E-state index in [4.69, 9.17) is 24.4 Å². The van der Waals surface area contributed by atoms with Crippen LogP contribution in [0.3, 0.4) is 0 Å². The van der Waals surface area contributed by atoms with Gasteiger partial charge in [0.1, 0.15) is 22.8 Å². The molecule has 0 unspecified atom stereocenters. The van der Waals surface area contributed by atoms with Gasteiger partial charge < -0.3 is 35.1 Å². The lowest BCUT2D eigenvalue weighted by Crippen LogP contribution is -2.41. The summed E-state index contributed by atoms with van der Waals surface area (Å²) in [6.45, 7) is 10.6. The fourth-order valence-corrected chi connectivity index (χ4v) is 4.52. The van der Waals surface area contributed by atoms with Crippen molar-refractivity contribution in [2.45, 2.75) is 97.1 Å². The molecule has 0 fully saturated rings. The predicted molar refractivity (Wildman–Crippen MR) is 187 cm³/mol. The van der Waals surface area contributed by atoms with Crippen LogP contribution in [0.15, 0.2) is 54.6 Å². The number of benzene rings is 3. The highest BCUT2D eigenvalue weighted by molar-refractivity contribution is 5.68. The van der Waals surface area contributed by atoms with Gasteiger partial charge in [-0.15, -0.1) is 0 Å². The molecule has 2 amide bonds. The molecule has 296 valence electrons. The molecule has 0 heterocycles. The fraction of sp³-hybridized carbons (Fsp3) is 0.474. The third-order valence-electron chi connectivity index (χ3n) is 6.75. The van der Waals surface area contributed by atoms with Gasteiger partial charge in [0.2, 0.25) is 0 Å². The smallest absolute Gasteiger partial charge is 0.407 e. The zero-order valence-corrected chi connectivity index (χ0v) is 31.0. The Bertz CT molecular complexity index is 1570. The van der Waals surface area contributed by atoms with Gasteiger partial charge in [-0.05, 0) is 96.0 Å². The van der Waals surface area contributed by atoms with Crippen LogP contribution in [-0.2, 0) is 33.7 Å². The molecule has 9 nitrogen and oxygen atoms in total. The Labute approximate surface area is 306 Å². The van der Waals surface area contributed by atoms with Crippen molar-refractivity contribution in [1.82, 2.24) is 10.6 Å². The van der Waals surface area contributed by atoms with Gasteiger partial charge in [0.15, 0.2) is 23.3 Å². The minimum Gasteiger partial charge on any atom is -0.444 e. The number of halogens is 6. The van der Waals surface area contributed by atoms with E-state index in [1.165, 1.54) is 0 Å². The molecule has 0 aliphatic heterocycles. The fourth-order valence-electron chi connectivity index (χ4n) is 4.52. The quantitative estimate of drug-likeness (QED) is 0.0801. The molecule has 3 aromatic rings. The van der Waals surface area contributed by atoms with Gasteiger partial charge >= 0.3 is 12.2 Å². The second-order valence-corrected chi connectivity index (χ2v) is 13.6. The van der Waals surface area contributed by atoms with E-state index in [1.807, 2.05) is 30.3 Å². The van der Waals surface area contributed by atoms with Crippen LogP contribution in [0.25, 0.3) is 0 Å². The van der Waals surface area contributed by atoms with Crippen LogP contribution in [0, 0.1) is 34.9 Å². The highest BCUT2D eigenvalue weighted by Crippen LogP contribution is 2.19. The normalized spacial score (nSPS) is 12.3. The van der Waals surface area contributed by atoms with Crippen LogP contribution in [0.4, 0.5) is 35.9 Å². The molecule has 0 spiro atoms. The van der Waals surface area contributed by atoms with E-state index in [0.29, 0.717) is 25.2 Å². The van der Waals surface area contributed by atoms with E-state index in [0.717, 1.165) is 24.8 Å². The van der Waals surface area contributed by atoms with E-state index < -0.39 is 70.4 Å². The molecule has 15 heteroatoms. The van der Waals surface area contributed by atoms with Crippen LogP contribution >= 0.6 is 0 Å². The van der Waals surface area contributed by atoms with E-state index in [-0.39, 0.29) is 43.6 Å². The highest BCUT2D eigenvalue weighted by Gasteiger charge is 2.23. The lowest BCUT2D eigenvalue weighted by molar-refractivity contribution is 0.0475. The first-order valence-electron chi connectivity index (χ1n) is 16.7. The molecular formula is C38H50F6N2O7. The van der Waals surface area contributed by atoms with Crippen molar-refractivity contribution < 1.29 is 60.4 Å². The van der Waals surface area contributed by atoms with Crippen LogP contribution < -0.4 is 10.6 Å². The number of alkyl carbamates (subject to hydrolysis) is 2. The molecule has 0 bridgehead atoms. The number of amides is 2. The lowest BCUT2D eigenvalue weighted by Gasteiger charge is -2.24. The van der Waals surface area contributed by atoms with Gasteiger partial charge in [-0.25, -0.2) is 35.9 Å². The Morgan fingerprint density at radius 1 is 0.642 bits per heavy atom. The largest absolute Gasteiger partial charge is 0.444 e. The first-order chi connectivity index (χ1) is 24.8. The van der Waals surface area contributed by atoms with Crippen molar-refractivity contribution in [3.63, 3.8) is 0 Å². The standard InChI is InChI=1S/C22H26F3NO3.C15H20F3NO3.CH4O/c1-22(2,3)29-21(27)26-17(9-10-28-14-15-7-5-4-6-8-15)11-16-12-19(24)20(25)13-18(16)23;1-15(2,3)22-14(21)19-10(4-5-20)6-9-7-12(17)13(18)8-11(9)16;1-2/h4-8,12-13,17H,9-11,14H2,1-3H3,(H,26,27);7-8,10,20H,4-6H2,1-3H3,(H,19,21);2H,1H3/t17-;10-;/m00./s1. The Morgan fingerprint density at radius 2 is 1.04 bits per heavy atom. The summed E-state index contributed by atoms with van der Waals surface area (Å²) in [6.07, 6.45) is -1.07. The molecule has 0 radical (unpaired) electrons. The predicted octanol–water partition coefficient (Wildman–Crippen LogP) is 7.68. The number of aliphatic hydroxyl groups excluding tert-OH is 2. The van der Waals surface area contributed by atoms with Crippen molar-refractivity contribution >= 4 is 12.2 Å². The van der Waals surface area contributed by atoms with Crippen molar-refractivity contribution in [3.8, 4) is 0 Å². The molecular weight excluding hydrogens is 710 g/mol. The summed E-state index contributed by atoms with van der Waals surface area (Å²) in [5, 5.41) is 21.1. The van der Waals surface area contributed by atoms with Gasteiger partial charge in [-0.1, -0.05) is 30.3 Å². The molecule has 0 aromatic heterocycles. The summed E-state index contributed by atoms with van der Waals surface area (Å²) >= 11 is 0. The topological polar surface area (TPSA) is 126 Å². The van der Waals surface area contributed by atoms with Gasteiger partial charge in [0, 0.05) is 44.5 Å². The summed E-state index contributed by atoms with van der Waals surface area (Å²) in [5.74, 6) is -6.62. The van der Waals surface area contributed by atoms with Gasteiger partial charge in [-0.3, -0.25) is 0 Å². The molecule has 3 rings (SSSR count). The Kier molecular flexibility index (Phi) is 20.0. The minimum atomic E-state index is -1.28. The maximum absolute atomic E-state index is 14.0. The Balaban J connectivity index is 0.000000525. The van der Waals surface area contributed by atoms with Crippen molar-refractivity contribution in [3.05, 3.63) is 106 Å². The summed E-state index contributed by atoms with van der Waals surface area (Å²) in [7, 11) is 1.00. The zero-order valence-electron chi connectivity index (χ0n) is 31.0. The number of aliphatic hydroxyl groups is 2.